The van der Waals surface area contributed by atoms with Gasteiger partial charge >= 0.3 is 5.97 Å². The summed E-state index contributed by atoms with van der Waals surface area (Å²) in [5.41, 5.74) is 0.974. The fraction of sp³-hybridized carbons (Fsp3) is 0.273. The van der Waals surface area contributed by atoms with E-state index in [0.717, 1.165) is 0 Å². The Kier molecular flexibility index (Phi) is 4.66. The van der Waals surface area contributed by atoms with Crippen molar-refractivity contribution in [2.75, 3.05) is 6.61 Å². The molecule has 0 unspecified atom stereocenters. The molecule has 0 heterocycles. The second-order valence-corrected chi connectivity index (χ2v) is 3.94. The molecule has 0 spiro atoms. The van der Waals surface area contributed by atoms with E-state index in [1.165, 1.54) is 0 Å². The number of carbonyl (C=O) groups excluding carboxylic acids is 1. The van der Waals surface area contributed by atoms with E-state index >= 15 is 0 Å². The summed E-state index contributed by atoms with van der Waals surface area (Å²) in [6, 6.07) is 5.09. The Labute approximate surface area is 104 Å². The van der Waals surface area contributed by atoms with Gasteiger partial charge in [-0.1, -0.05) is 11.6 Å². The van der Waals surface area contributed by atoms with Gasteiger partial charge < -0.3 is 4.74 Å². The molecule has 16 heavy (non-hydrogen) atoms. The first-order valence-electron chi connectivity index (χ1n) is 4.65. The second-order valence-electron chi connectivity index (χ2n) is 3.05. The van der Waals surface area contributed by atoms with Crippen molar-refractivity contribution in [1.82, 2.24) is 0 Å². The zero-order valence-corrected chi connectivity index (χ0v) is 10.3. The topological polar surface area (TPSA) is 50.1 Å². The van der Waals surface area contributed by atoms with E-state index in [4.69, 9.17) is 21.6 Å². The Balaban J connectivity index is 2.97. The number of halogens is 1. The van der Waals surface area contributed by atoms with E-state index in [-0.39, 0.29) is 12.4 Å². The van der Waals surface area contributed by atoms with Crippen LogP contribution in [0.1, 0.15) is 18.1 Å². The van der Waals surface area contributed by atoms with Gasteiger partial charge in [0, 0.05) is 9.92 Å². The van der Waals surface area contributed by atoms with Crippen molar-refractivity contribution in [2.45, 2.75) is 18.2 Å². The summed E-state index contributed by atoms with van der Waals surface area (Å²) in [5.74, 6) is -0.361. The number of hydrogen-bond acceptors (Lipinski definition) is 4. The minimum absolute atomic E-state index is 0.0649. The quantitative estimate of drug-likeness (QED) is 0.667. The van der Waals surface area contributed by atoms with Crippen LogP contribution in [0.3, 0.4) is 0 Å². The van der Waals surface area contributed by atoms with E-state index in [1.807, 2.05) is 6.07 Å². The summed E-state index contributed by atoms with van der Waals surface area (Å²) in [7, 11) is 0. The number of ether oxygens (including phenoxy) is 1. The minimum atomic E-state index is -0.361. The molecule has 5 heteroatoms. The number of carbonyl (C=O) groups is 1. The third-order valence-electron chi connectivity index (χ3n) is 1.93. The Hall–Kier alpha value is -1.18. The van der Waals surface area contributed by atoms with Crippen molar-refractivity contribution in [3.63, 3.8) is 0 Å². The van der Waals surface area contributed by atoms with E-state index in [0.29, 0.717) is 27.7 Å². The van der Waals surface area contributed by atoms with Gasteiger partial charge in [0.05, 0.1) is 18.6 Å². The Morgan fingerprint density at radius 2 is 2.31 bits per heavy atom. The molecule has 0 saturated heterocycles. The molecule has 1 rings (SSSR count). The molecule has 0 radical (unpaired) electrons. The summed E-state index contributed by atoms with van der Waals surface area (Å²) in [6.45, 7) is 2.06. The molecule has 0 aliphatic rings. The van der Waals surface area contributed by atoms with Crippen molar-refractivity contribution >= 4 is 30.2 Å². The zero-order valence-electron chi connectivity index (χ0n) is 8.66. The molecule has 0 saturated carbocycles. The van der Waals surface area contributed by atoms with Gasteiger partial charge in [0.2, 0.25) is 0 Å². The number of esters is 1. The highest BCUT2D eigenvalue weighted by molar-refractivity contribution is 7.80. The number of thiol groups is 1. The highest BCUT2D eigenvalue weighted by Gasteiger charge is 2.10. The summed E-state index contributed by atoms with van der Waals surface area (Å²) in [6.07, 6.45) is 0.0649. The maximum Gasteiger partial charge on any atom is 0.310 e. The first-order chi connectivity index (χ1) is 7.58. The maximum atomic E-state index is 11.3. The highest BCUT2D eigenvalue weighted by atomic mass is 35.5. The number of benzene rings is 1. The SMILES string of the molecule is CCOC(=O)Cc1cc(C#N)c(S)cc1Cl. The van der Waals surface area contributed by atoms with Crippen LogP contribution in [-0.4, -0.2) is 12.6 Å². The van der Waals surface area contributed by atoms with Gasteiger partial charge in [-0.2, -0.15) is 5.26 Å². The number of hydrogen-bond donors (Lipinski definition) is 1. The van der Waals surface area contributed by atoms with Gasteiger partial charge in [0.15, 0.2) is 0 Å². The molecule has 1 aromatic carbocycles. The molecule has 84 valence electrons. The summed E-state index contributed by atoms with van der Waals surface area (Å²) in [4.78, 5) is 11.8. The summed E-state index contributed by atoms with van der Waals surface area (Å²) >= 11 is 10.0. The number of rotatable bonds is 3. The molecule has 0 bridgehead atoms. The van der Waals surface area contributed by atoms with Crippen molar-refractivity contribution in [3.05, 3.63) is 28.3 Å². The zero-order chi connectivity index (χ0) is 12.1. The van der Waals surface area contributed by atoms with Crippen LogP contribution in [-0.2, 0) is 16.0 Å². The predicted molar refractivity (Wildman–Crippen MR) is 63.8 cm³/mol. The van der Waals surface area contributed by atoms with Crippen LogP contribution >= 0.6 is 24.2 Å². The average molecular weight is 256 g/mol. The average Bonchev–Trinajstić information content (AvgIpc) is 2.22. The Bertz CT molecular complexity index is 454. The largest absolute Gasteiger partial charge is 0.466 e. The molecular weight excluding hydrogens is 246 g/mol. The molecule has 0 N–H and O–H groups in total. The highest BCUT2D eigenvalue weighted by Crippen LogP contribution is 2.24. The fourth-order valence-corrected chi connectivity index (χ4v) is 1.75. The lowest BCUT2D eigenvalue weighted by atomic mass is 10.1. The van der Waals surface area contributed by atoms with Crippen LogP contribution in [0.15, 0.2) is 17.0 Å². The van der Waals surface area contributed by atoms with E-state index in [2.05, 4.69) is 12.6 Å². The van der Waals surface area contributed by atoms with Gasteiger partial charge in [-0.3, -0.25) is 4.79 Å². The first-order valence-corrected chi connectivity index (χ1v) is 5.48. The molecule has 0 atom stereocenters. The van der Waals surface area contributed by atoms with Gasteiger partial charge in [-0.05, 0) is 24.6 Å². The molecule has 1 aromatic rings. The maximum absolute atomic E-state index is 11.3. The Morgan fingerprint density at radius 1 is 1.62 bits per heavy atom. The normalized spacial score (nSPS) is 9.62. The van der Waals surface area contributed by atoms with Crippen LogP contribution in [0.4, 0.5) is 0 Å². The minimum Gasteiger partial charge on any atom is -0.466 e. The lowest BCUT2D eigenvalue weighted by Gasteiger charge is -2.06. The molecule has 0 aromatic heterocycles. The van der Waals surface area contributed by atoms with Crippen molar-refractivity contribution in [2.24, 2.45) is 0 Å². The summed E-state index contributed by atoms with van der Waals surface area (Å²) < 4.78 is 4.80. The third kappa shape index (κ3) is 3.16. The van der Waals surface area contributed by atoms with E-state index in [9.17, 15) is 4.79 Å². The third-order valence-corrected chi connectivity index (χ3v) is 2.65. The predicted octanol–water partition coefficient (Wildman–Crippen LogP) is 2.61. The van der Waals surface area contributed by atoms with Crippen LogP contribution in [0.5, 0.6) is 0 Å². The van der Waals surface area contributed by atoms with Crippen molar-refractivity contribution in [1.29, 1.82) is 5.26 Å². The van der Waals surface area contributed by atoms with Crippen LogP contribution in [0, 0.1) is 11.3 Å². The smallest absolute Gasteiger partial charge is 0.310 e. The van der Waals surface area contributed by atoms with Crippen molar-refractivity contribution < 1.29 is 9.53 Å². The van der Waals surface area contributed by atoms with Crippen LogP contribution in [0.25, 0.3) is 0 Å². The van der Waals surface area contributed by atoms with Gasteiger partial charge in [0.1, 0.15) is 6.07 Å². The standard InChI is InChI=1S/C11H10ClNO2S/c1-2-15-11(14)4-7-3-8(6-13)10(16)5-9(7)12/h3,5,16H,2,4H2,1H3. The molecule has 0 amide bonds. The monoisotopic (exact) mass is 255 g/mol. The van der Waals surface area contributed by atoms with Gasteiger partial charge in [0.25, 0.3) is 0 Å². The molecule has 3 nitrogen and oxygen atoms in total. The molecule has 0 fully saturated rings. The molecule has 0 aliphatic carbocycles. The lowest BCUT2D eigenvalue weighted by molar-refractivity contribution is -0.142. The van der Waals surface area contributed by atoms with E-state index < -0.39 is 0 Å². The number of nitriles is 1. The van der Waals surface area contributed by atoms with Gasteiger partial charge in [-0.25, -0.2) is 0 Å². The lowest BCUT2D eigenvalue weighted by Crippen LogP contribution is -2.08. The first kappa shape index (κ1) is 12.9. The van der Waals surface area contributed by atoms with Crippen LogP contribution in [0.2, 0.25) is 5.02 Å². The van der Waals surface area contributed by atoms with Crippen molar-refractivity contribution in [3.8, 4) is 6.07 Å². The van der Waals surface area contributed by atoms with E-state index in [1.54, 1.807) is 19.1 Å². The van der Waals surface area contributed by atoms with Gasteiger partial charge in [-0.15, -0.1) is 12.6 Å². The molecule has 0 aliphatic heterocycles. The second kappa shape index (κ2) is 5.78. The summed E-state index contributed by atoms with van der Waals surface area (Å²) in [5, 5.41) is 9.23. The van der Waals surface area contributed by atoms with Crippen LogP contribution < -0.4 is 0 Å². The number of nitrogens with zero attached hydrogens (tertiary/aromatic N) is 1. The molecular formula is C11H10ClNO2S. The Morgan fingerprint density at radius 3 is 2.88 bits per heavy atom. The fourth-order valence-electron chi connectivity index (χ4n) is 1.20.